The van der Waals surface area contributed by atoms with E-state index in [2.05, 4.69) is 20.7 Å². The number of amides is 1. The number of carbonyl (C=O) groups is 1. The second-order valence-corrected chi connectivity index (χ2v) is 5.11. The maximum Gasteiger partial charge on any atom is 0.276 e. The first-order chi connectivity index (χ1) is 10.0. The number of aryl methyl sites for hydroxylation is 1. The molecule has 0 bridgehead atoms. The van der Waals surface area contributed by atoms with Gasteiger partial charge in [0, 0.05) is 11.6 Å². The van der Waals surface area contributed by atoms with Crippen LogP contribution >= 0.6 is 0 Å². The molecule has 1 amide bonds. The van der Waals surface area contributed by atoms with Gasteiger partial charge in [0.05, 0.1) is 11.9 Å². The molecule has 0 atom stereocenters. The van der Waals surface area contributed by atoms with E-state index in [1.807, 2.05) is 45.0 Å². The Morgan fingerprint density at radius 3 is 2.48 bits per heavy atom. The highest BCUT2D eigenvalue weighted by molar-refractivity contribution is 6.06. The van der Waals surface area contributed by atoms with E-state index in [9.17, 15) is 4.79 Å². The number of nitrogens with two attached hydrogens (primary N) is 1. The molecule has 0 fully saturated rings. The molecule has 0 saturated heterocycles. The van der Waals surface area contributed by atoms with Gasteiger partial charge in [0.25, 0.3) is 5.91 Å². The molecule has 21 heavy (non-hydrogen) atoms. The van der Waals surface area contributed by atoms with Gasteiger partial charge >= 0.3 is 0 Å². The van der Waals surface area contributed by atoms with Gasteiger partial charge in [0.1, 0.15) is 5.82 Å². The van der Waals surface area contributed by atoms with Crippen LogP contribution in [0.1, 0.15) is 41.6 Å². The van der Waals surface area contributed by atoms with Crippen LogP contribution in [0.5, 0.6) is 0 Å². The van der Waals surface area contributed by atoms with Crippen molar-refractivity contribution in [1.82, 2.24) is 9.97 Å². The summed E-state index contributed by atoms with van der Waals surface area (Å²) in [7, 11) is 0. The Kier molecular flexibility index (Phi) is 4.49. The lowest BCUT2D eigenvalue weighted by Crippen LogP contribution is -2.20. The molecular formula is C15H19N5O. The molecule has 1 aromatic carbocycles. The molecule has 6 heteroatoms. The van der Waals surface area contributed by atoms with Gasteiger partial charge in [-0.15, -0.1) is 0 Å². The predicted molar refractivity (Wildman–Crippen MR) is 83.1 cm³/mol. The zero-order valence-corrected chi connectivity index (χ0v) is 12.3. The smallest absolute Gasteiger partial charge is 0.276 e. The third kappa shape index (κ3) is 3.55. The minimum Gasteiger partial charge on any atom is -0.321 e. The van der Waals surface area contributed by atoms with Crippen molar-refractivity contribution >= 4 is 17.3 Å². The maximum atomic E-state index is 12.4. The van der Waals surface area contributed by atoms with E-state index in [1.165, 1.54) is 6.20 Å². The summed E-state index contributed by atoms with van der Waals surface area (Å²) in [4.78, 5) is 20.8. The average Bonchev–Trinajstić information content (AvgIpc) is 2.48. The third-order valence-electron chi connectivity index (χ3n) is 3.00. The van der Waals surface area contributed by atoms with Gasteiger partial charge < -0.3 is 10.7 Å². The highest BCUT2D eigenvalue weighted by Crippen LogP contribution is 2.17. The molecule has 4 N–H and O–H groups in total. The van der Waals surface area contributed by atoms with E-state index in [0.29, 0.717) is 17.2 Å². The zero-order valence-electron chi connectivity index (χ0n) is 12.3. The maximum absolute atomic E-state index is 12.4. The summed E-state index contributed by atoms with van der Waals surface area (Å²) in [5.41, 5.74) is 4.91. The number of nitrogens with one attached hydrogen (secondary N) is 2. The van der Waals surface area contributed by atoms with Crippen molar-refractivity contribution in [2.45, 2.75) is 26.7 Å². The number of hydrazine groups is 1. The molecule has 0 unspecified atom stereocenters. The molecule has 0 spiro atoms. The highest BCUT2D eigenvalue weighted by Gasteiger charge is 2.16. The normalized spacial score (nSPS) is 10.5. The van der Waals surface area contributed by atoms with Crippen molar-refractivity contribution in [2.75, 3.05) is 10.7 Å². The Morgan fingerprint density at radius 1 is 1.24 bits per heavy atom. The molecule has 0 aliphatic rings. The van der Waals surface area contributed by atoms with Gasteiger partial charge in [-0.2, -0.15) is 0 Å². The third-order valence-corrected chi connectivity index (χ3v) is 3.00. The Morgan fingerprint density at radius 2 is 1.90 bits per heavy atom. The van der Waals surface area contributed by atoms with E-state index in [4.69, 9.17) is 5.84 Å². The molecule has 2 aromatic rings. The quantitative estimate of drug-likeness (QED) is 0.592. The lowest BCUT2D eigenvalue weighted by Gasteiger charge is -2.11. The van der Waals surface area contributed by atoms with E-state index >= 15 is 0 Å². The molecule has 0 aliphatic heterocycles. The number of nitrogens with zero attached hydrogens (tertiary/aromatic N) is 2. The first-order valence-corrected chi connectivity index (χ1v) is 6.73. The summed E-state index contributed by atoms with van der Waals surface area (Å²) in [6.07, 6.45) is 1.52. The standard InChI is InChI=1S/C15H19N5O/c1-9(2)14-17-8-12(20-16)13(19-14)15(21)18-11-6-4-10(3)5-7-11/h4-9,20H,16H2,1-3H3,(H,18,21). The molecule has 1 heterocycles. The minimum absolute atomic E-state index is 0.128. The Hall–Kier alpha value is -2.47. The second kappa shape index (κ2) is 6.32. The van der Waals surface area contributed by atoms with Crippen LogP contribution in [-0.2, 0) is 0 Å². The molecule has 1 aromatic heterocycles. The first kappa shape index (κ1) is 14.9. The first-order valence-electron chi connectivity index (χ1n) is 6.73. The van der Waals surface area contributed by atoms with Crippen LogP contribution in [0.2, 0.25) is 0 Å². The molecule has 6 nitrogen and oxygen atoms in total. The number of hydrogen-bond acceptors (Lipinski definition) is 5. The van der Waals surface area contributed by atoms with Crippen LogP contribution in [0.15, 0.2) is 30.5 Å². The number of nitrogen functional groups attached to an aromatic ring is 1. The summed E-state index contributed by atoms with van der Waals surface area (Å²) >= 11 is 0. The number of carbonyl (C=O) groups excluding carboxylic acids is 1. The summed E-state index contributed by atoms with van der Waals surface area (Å²) < 4.78 is 0. The summed E-state index contributed by atoms with van der Waals surface area (Å²) in [5.74, 6) is 5.82. The van der Waals surface area contributed by atoms with Gasteiger partial charge in [-0.3, -0.25) is 10.6 Å². The number of aromatic nitrogens is 2. The number of rotatable bonds is 4. The van der Waals surface area contributed by atoms with Gasteiger partial charge in [-0.1, -0.05) is 31.5 Å². The van der Waals surface area contributed by atoms with Crippen molar-refractivity contribution in [1.29, 1.82) is 0 Å². The van der Waals surface area contributed by atoms with Gasteiger partial charge in [-0.05, 0) is 19.1 Å². The molecule has 0 radical (unpaired) electrons. The van der Waals surface area contributed by atoms with E-state index in [0.717, 1.165) is 5.56 Å². The molecule has 0 aliphatic carbocycles. The Labute approximate surface area is 123 Å². The molecular weight excluding hydrogens is 266 g/mol. The molecule has 2 rings (SSSR count). The summed E-state index contributed by atoms with van der Waals surface area (Å²) in [6, 6.07) is 7.54. The summed E-state index contributed by atoms with van der Waals surface area (Å²) in [6.45, 7) is 5.92. The topological polar surface area (TPSA) is 92.9 Å². The monoisotopic (exact) mass is 285 g/mol. The highest BCUT2D eigenvalue weighted by atomic mass is 16.1. The van der Waals surface area contributed by atoms with Crippen LogP contribution in [0.25, 0.3) is 0 Å². The largest absolute Gasteiger partial charge is 0.321 e. The Bertz CT molecular complexity index is 637. The van der Waals surface area contributed by atoms with Crippen molar-refractivity contribution in [3.63, 3.8) is 0 Å². The fourth-order valence-corrected chi connectivity index (χ4v) is 1.78. The van der Waals surface area contributed by atoms with Crippen LogP contribution in [0.3, 0.4) is 0 Å². The van der Waals surface area contributed by atoms with Crippen molar-refractivity contribution < 1.29 is 4.79 Å². The lowest BCUT2D eigenvalue weighted by atomic mass is 10.2. The number of benzene rings is 1. The van der Waals surface area contributed by atoms with E-state index in [1.54, 1.807) is 0 Å². The van der Waals surface area contributed by atoms with Crippen LogP contribution in [0.4, 0.5) is 11.4 Å². The fraction of sp³-hybridized carbons (Fsp3) is 0.267. The molecule has 0 saturated carbocycles. The Balaban J connectivity index is 2.28. The van der Waals surface area contributed by atoms with E-state index in [-0.39, 0.29) is 17.5 Å². The second-order valence-electron chi connectivity index (χ2n) is 5.11. The predicted octanol–water partition coefficient (Wildman–Crippen LogP) is 2.45. The van der Waals surface area contributed by atoms with Crippen molar-refractivity contribution in [2.24, 2.45) is 5.84 Å². The number of anilines is 2. The van der Waals surface area contributed by atoms with Gasteiger partial charge in [0.2, 0.25) is 0 Å². The average molecular weight is 285 g/mol. The zero-order chi connectivity index (χ0) is 15.4. The number of hydrogen-bond donors (Lipinski definition) is 3. The fourth-order valence-electron chi connectivity index (χ4n) is 1.78. The lowest BCUT2D eigenvalue weighted by molar-refractivity contribution is 0.102. The minimum atomic E-state index is -0.323. The van der Waals surface area contributed by atoms with Crippen LogP contribution in [0, 0.1) is 6.92 Å². The molecule has 110 valence electrons. The van der Waals surface area contributed by atoms with Gasteiger partial charge in [0.15, 0.2) is 5.69 Å². The van der Waals surface area contributed by atoms with E-state index < -0.39 is 0 Å². The van der Waals surface area contributed by atoms with Crippen molar-refractivity contribution in [3.8, 4) is 0 Å². The van der Waals surface area contributed by atoms with Crippen LogP contribution in [-0.4, -0.2) is 15.9 Å². The van der Waals surface area contributed by atoms with Gasteiger partial charge in [-0.25, -0.2) is 9.97 Å². The van der Waals surface area contributed by atoms with Crippen molar-refractivity contribution in [3.05, 3.63) is 47.5 Å². The SMILES string of the molecule is Cc1ccc(NC(=O)c2nc(C(C)C)ncc2NN)cc1. The van der Waals surface area contributed by atoms with Crippen LogP contribution < -0.4 is 16.6 Å². The summed E-state index contributed by atoms with van der Waals surface area (Å²) in [5, 5.41) is 2.80.